The van der Waals surface area contributed by atoms with Gasteiger partial charge in [0, 0.05) is 37.0 Å². The highest BCUT2D eigenvalue weighted by Gasteiger charge is 2.41. The van der Waals surface area contributed by atoms with Gasteiger partial charge in [-0.2, -0.15) is 0 Å². The Kier molecular flexibility index (Phi) is 4.49. The van der Waals surface area contributed by atoms with Gasteiger partial charge in [-0.15, -0.1) is 0 Å². The zero-order chi connectivity index (χ0) is 19.1. The van der Waals surface area contributed by atoms with Crippen molar-refractivity contribution in [2.24, 2.45) is 5.92 Å². The third-order valence-corrected chi connectivity index (χ3v) is 6.03. The molecule has 2 fully saturated rings. The molecule has 0 aliphatic carbocycles. The standard InChI is InChI=1S/C23H24N2O3/c1-15-24-21-11-17(7-8-22(21)28-15)23(26)18-9-19-13-27-14-20(10-18)25(19)12-16-5-3-2-4-6-16/h2-8,11,18-20H,9-10,12-14H2,1H3. The van der Waals surface area contributed by atoms with Crippen molar-refractivity contribution in [1.82, 2.24) is 9.88 Å². The van der Waals surface area contributed by atoms with Crippen LogP contribution in [0.4, 0.5) is 0 Å². The van der Waals surface area contributed by atoms with Gasteiger partial charge < -0.3 is 9.15 Å². The number of hydrogen-bond acceptors (Lipinski definition) is 5. The number of hydrogen-bond donors (Lipinski definition) is 0. The highest BCUT2D eigenvalue weighted by molar-refractivity contribution is 6.00. The van der Waals surface area contributed by atoms with E-state index in [1.807, 2.05) is 31.2 Å². The van der Waals surface area contributed by atoms with Crippen molar-refractivity contribution in [3.63, 3.8) is 0 Å². The van der Waals surface area contributed by atoms with E-state index in [4.69, 9.17) is 9.15 Å². The highest BCUT2D eigenvalue weighted by Crippen LogP contribution is 2.35. The average molecular weight is 376 g/mol. The summed E-state index contributed by atoms with van der Waals surface area (Å²) in [5, 5.41) is 0. The summed E-state index contributed by atoms with van der Waals surface area (Å²) >= 11 is 0. The zero-order valence-electron chi connectivity index (χ0n) is 16.0. The molecule has 5 nitrogen and oxygen atoms in total. The van der Waals surface area contributed by atoms with E-state index < -0.39 is 0 Å². The second kappa shape index (κ2) is 7.15. The van der Waals surface area contributed by atoms with Gasteiger partial charge in [-0.25, -0.2) is 4.98 Å². The van der Waals surface area contributed by atoms with Crippen molar-refractivity contribution < 1.29 is 13.9 Å². The molecule has 2 bridgehead atoms. The zero-order valence-corrected chi connectivity index (χ0v) is 16.0. The van der Waals surface area contributed by atoms with Crippen LogP contribution in [0.15, 0.2) is 52.9 Å². The number of ketones is 1. The lowest BCUT2D eigenvalue weighted by Gasteiger charge is -2.48. The number of aromatic nitrogens is 1. The van der Waals surface area contributed by atoms with Gasteiger partial charge in [0.05, 0.1) is 13.2 Å². The third kappa shape index (κ3) is 3.25. The second-order valence-corrected chi connectivity index (χ2v) is 7.95. The first-order valence-corrected chi connectivity index (χ1v) is 9.96. The minimum absolute atomic E-state index is 0.0383. The lowest BCUT2D eigenvalue weighted by molar-refractivity contribution is -0.0872. The Morgan fingerprint density at radius 1 is 1.11 bits per heavy atom. The van der Waals surface area contributed by atoms with Gasteiger partial charge in [0.15, 0.2) is 17.3 Å². The summed E-state index contributed by atoms with van der Waals surface area (Å²) < 4.78 is 11.4. The number of morpholine rings is 1. The molecule has 2 aliphatic heterocycles. The lowest BCUT2D eigenvalue weighted by atomic mass is 9.80. The number of fused-ring (bicyclic) bond motifs is 3. The number of Topliss-reactive ketones (excluding diaryl/α,β-unsaturated/α-hetero) is 1. The minimum atomic E-state index is 0.0383. The van der Waals surface area contributed by atoms with E-state index in [9.17, 15) is 4.79 Å². The number of benzene rings is 2. The van der Waals surface area contributed by atoms with Crippen molar-refractivity contribution in [3.8, 4) is 0 Å². The Labute approximate surface area is 164 Å². The van der Waals surface area contributed by atoms with Crippen LogP contribution < -0.4 is 0 Å². The molecule has 0 saturated carbocycles. The summed E-state index contributed by atoms with van der Waals surface area (Å²) in [5.74, 6) is 0.885. The number of oxazole rings is 1. The Morgan fingerprint density at radius 2 is 1.86 bits per heavy atom. The minimum Gasteiger partial charge on any atom is -0.441 e. The number of carbonyl (C=O) groups excluding carboxylic acids is 1. The second-order valence-electron chi connectivity index (χ2n) is 7.95. The Hall–Kier alpha value is -2.50. The molecule has 2 aliphatic rings. The van der Waals surface area contributed by atoms with Crippen molar-refractivity contribution in [3.05, 3.63) is 65.5 Å². The maximum atomic E-state index is 13.2. The normalized spacial score (nSPS) is 25.1. The molecule has 2 atom stereocenters. The van der Waals surface area contributed by atoms with Crippen molar-refractivity contribution >= 4 is 16.9 Å². The van der Waals surface area contributed by atoms with E-state index in [1.54, 1.807) is 0 Å². The highest BCUT2D eigenvalue weighted by atomic mass is 16.5. The molecule has 0 amide bonds. The number of aryl methyl sites for hydroxylation is 1. The summed E-state index contributed by atoms with van der Waals surface area (Å²) in [6.45, 7) is 4.15. The van der Waals surface area contributed by atoms with Crippen LogP contribution in [0.1, 0.15) is 34.7 Å². The van der Waals surface area contributed by atoms with E-state index in [1.165, 1.54) is 5.56 Å². The maximum absolute atomic E-state index is 13.2. The van der Waals surface area contributed by atoms with Gasteiger partial charge in [-0.05, 0) is 36.6 Å². The van der Waals surface area contributed by atoms with Crippen molar-refractivity contribution in [2.75, 3.05) is 13.2 Å². The summed E-state index contributed by atoms with van der Waals surface area (Å²) in [7, 11) is 0. The number of piperidine rings is 1. The summed E-state index contributed by atoms with van der Waals surface area (Å²) in [4.78, 5) is 20.1. The molecule has 2 saturated heterocycles. The number of carbonyl (C=O) groups is 1. The average Bonchev–Trinajstić information content (AvgIpc) is 3.07. The fraction of sp³-hybridized carbons (Fsp3) is 0.391. The van der Waals surface area contributed by atoms with Gasteiger partial charge in [0.2, 0.25) is 0 Å². The molecule has 3 heterocycles. The van der Waals surface area contributed by atoms with Crippen LogP contribution in [0.25, 0.3) is 11.1 Å². The summed E-state index contributed by atoms with van der Waals surface area (Å²) in [5.41, 5.74) is 3.54. The summed E-state index contributed by atoms with van der Waals surface area (Å²) in [6, 6.07) is 16.7. The molecule has 5 heteroatoms. The van der Waals surface area contributed by atoms with E-state index in [0.717, 1.165) is 36.0 Å². The van der Waals surface area contributed by atoms with E-state index in [0.29, 0.717) is 31.2 Å². The van der Waals surface area contributed by atoms with Crippen LogP contribution in [0.2, 0.25) is 0 Å². The van der Waals surface area contributed by atoms with Crippen LogP contribution in [-0.2, 0) is 11.3 Å². The largest absolute Gasteiger partial charge is 0.441 e. The van der Waals surface area contributed by atoms with Gasteiger partial charge >= 0.3 is 0 Å². The van der Waals surface area contributed by atoms with Gasteiger partial charge in [0.1, 0.15) is 5.52 Å². The molecule has 0 spiro atoms. The van der Waals surface area contributed by atoms with Crippen LogP contribution >= 0.6 is 0 Å². The monoisotopic (exact) mass is 376 g/mol. The molecule has 1 aromatic heterocycles. The molecule has 3 aromatic rings. The topological polar surface area (TPSA) is 55.6 Å². The van der Waals surface area contributed by atoms with Crippen LogP contribution in [0, 0.1) is 12.8 Å². The first-order chi connectivity index (χ1) is 13.7. The van der Waals surface area contributed by atoms with Gasteiger partial charge in [-0.1, -0.05) is 30.3 Å². The number of rotatable bonds is 4. The van der Waals surface area contributed by atoms with Crippen LogP contribution in [0.5, 0.6) is 0 Å². The van der Waals surface area contributed by atoms with E-state index in [-0.39, 0.29) is 11.7 Å². The van der Waals surface area contributed by atoms with Crippen molar-refractivity contribution in [1.29, 1.82) is 0 Å². The molecule has 144 valence electrons. The van der Waals surface area contributed by atoms with Crippen LogP contribution in [-0.4, -0.2) is 41.0 Å². The van der Waals surface area contributed by atoms with Crippen LogP contribution in [0.3, 0.4) is 0 Å². The number of nitrogens with zero attached hydrogens (tertiary/aromatic N) is 2. The van der Waals surface area contributed by atoms with Gasteiger partial charge in [0.25, 0.3) is 0 Å². The summed E-state index contributed by atoms with van der Waals surface area (Å²) in [6.07, 6.45) is 1.69. The fourth-order valence-electron chi connectivity index (χ4n) is 4.69. The molecule has 2 unspecified atom stereocenters. The lowest BCUT2D eigenvalue weighted by Crippen LogP contribution is -2.57. The third-order valence-electron chi connectivity index (χ3n) is 6.03. The SMILES string of the molecule is Cc1nc2cc(C(=O)C3CC4COCC(C3)N4Cc3ccccc3)ccc2o1. The maximum Gasteiger partial charge on any atom is 0.192 e. The molecular formula is C23H24N2O3. The molecule has 0 radical (unpaired) electrons. The molecule has 5 rings (SSSR count). The first kappa shape index (κ1) is 17.6. The molecule has 0 N–H and O–H groups in total. The van der Waals surface area contributed by atoms with Crippen molar-refractivity contribution in [2.45, 2.75) is 38.4 Å². The molecule has 28 heavy (non-hydrogen) atoms. The Bertz CT molecular complexity index is 984. The first-order valence-electron chi connectivity index (χ1n) is 9.96. The quantitative estimate of drug-likeness (QED) is 0.644. The Morgan fingerprint density at radius 3 is 2.61 bits per heavy atom. The Balaban J connectivity index is 1.35. The predicted molar refractivity (Wildman–Crippen MR) is 106 cm³/mol. The van der Waals surface area contributed by atoms with E-state index >= 15 is 0 Å². The molecule has 2 aromatic carbocycles. The van der Waals surface area contributed by atoms with E-state index in [2.05, 4.69) is 34.1 Å². The number of ether oxygens (including phenoxy) is 1. The smallest absolute Gasteiger partial charge is 0.192 e. The van der Waals surface area contributed by atoms with Gasteiger partial charge in [-0.3, -0.25) is 9.69 Å². The molecular weight excluding hydrogens is 352 g/mol. The fourth-order valence-corrected chi connectivity index (χ4v) is 4.69. The predicted octanol–water partition coefficient (Wildman–Crippen LogP) is 4.00.